The zero-order valence-electron chi connectivity index (χ0n) is 13.3. The molecule has 2 aromatic rings. The molecule has 7 heteroatoms. The lowest BCUT2D eigenvalue weighted by atomic mass is 10.3. The fourth-order valence-electron chi connectivity index (χ4n) is 2.55. The van der Waals surface area contributed by atoms with Gasteiger partial charge in [0.05, 0.1) is 0 Å². The van der Waals surface area contributed by atoms with Gasteiger partial charge in [-0.25, -0.2) is 9.97 Å². The molecule has 0 bridgehead atoms. The van der Waals surface area contributed by atoms with E-state index in [1.165, 1.54) is 4.88 Å². The molecule has 1 N–H and O–H groups in total. The van der Waals surface area contributed by atoms with Crippen molar-refractivity contribution in [1.82, 2.24) is 15.0 Å². The molecule has 1 fully saturated rings. The molecule has 3 heterocycles. The van der Waals surface area contributed by atoms with Crippen LogP contribution in [-0.2, 0) is 0 Å². The first kappa shape index (κ1) is 15.0. The Labute approximate surface area is 135 Å². The number of aromatic nitrogens is 3. The minimum Gasteiger partial charge on any atom is -0.370 e. The van der Waals surface area contributed by atoms with E-state index in [0.29, 0.717) is 0 Å². The third-order valence-electron chi connectivity index (χ3n) is 3.64. The van der Waals surface area contributed by atoms with Crippen molar-refractivity contribution in [3.05, 3.63) is 22.8 Å². The van der Waals surface area contributed by atoms with Gasteiger partial charge in [-0.15, -0.1) is 11.3 Å². The minimum atomic E-state index is 0.825. The highest BCUT2D eigenvalue weighted by molar-refractivity contribution is 7.15. The van der Waals surface area contributed by atoms with Crippen molar-refractivity contribution in [1.29, 1.82) is 0 Å². The largest absolute Gasteiger partial charge is 0.370 e. The van der Waals surface area contributed by atoms with Crippen molar-refractivity contribution in [2.24, 2.45) is 0 Å². The predicted octanol–water partition coefficient (Wildman–Crippen LogP) is 2.31. The molecule has 0 aromatic carbocycles. The fraction of sp³-hybridized carbons (Fsp3) is 0.533. The summed E-state index contributed by atoms with van der Waals surface area (Å²) in [6.07, 6.45) is 1.94. The first-order valence-corrected chi connectivity index (χ1v) is 8.49. The van der Waals surface area contributed by atoms with Crippen LogP contribution in [0.1, 0.15) is 17.5 Å². The molecule has 0 saturated carbocycles. The highest BCUT2D eigenvalue weighted by Gasteiger charge is 2.21. The van der Waals surface area contributed by atoms with E-state index in [1.807, 2.05) is 19.2 Å². The molecule has 3 rings (SSSR count). The Balaban J connectivity index is 1.68. The molecule has 0 radical (unpaired) electrons. The van der Waals surface area contributed by atoms with Gasteiger partial charge in [0.15, 0.2) is 5.13 Å². The first-order valence-electron chi connectivity index (χ1n) is 7.67. The second kappa shape index (κ2) is 6.48. The number of rotatable bonds is 4. The van der Waals surface area contributed by atoms with Crippen molar-refractivity contribution in [2.45, 2.75) is 20.8 Å². The average Bonchev–Trinajstić information content (AvgIpc) is 2.94. The molecule has 22 heavy (non-hydrogen) atoms. The van der Waals surface area contributed by atoms with E-state index in [1.54, 1.807) is 11.3 Å². The Bertz CT molecular complexity index is 633. The third kappa shape index (κ3) is 3.30. The molecule has 6 nitrogen and oxygen atoms in total. The summed E-state index contributed by atoms with van der Waals surface area (Å²) >= 11 is 1.76. The molecule has 0 amide bonds. The summed E-state index contributed by atoms with van der Waals surface area (Å²) in [5.74, 6) is 1.73. The zero-order valence-corrected chi connectivity index (χ0v) is 14.2. The fourth-order valence-corrected chi connectivity index (χ4v) is 3.36. The minimum absolute atomic E-state index is 0.825. The number of piperazine rings is 1. The molecule has 1 saturated heterocycles. The lowest BCUT2D eigenvalue weighted by molar-refractivity contribution is 0.638. The van der Waals surface area contributed by atoms with Gasteiger partial charge in [-0.2, -0.15) is 4.98 Å². The van der Waals surface area contributed by atoms with Crippen LogP contribution >= 0.6 is 11.3 Å². The molecule has 0 atom stereocenters. The number of hydrogen-bond donors (Lipinski definition) is 1. The number of aryl methyl sites for hydroxylation is 2. The number of nitrogens with one attached hydrogen (secondary N) is 1. The quantitative estimate of drug-likeness (QED) is 0.933. The standard InChI is InChI=1S/C15H22N6S/c1-4-16-13-9-11(2)18-14(19-13)20-5-7-21(8-6-20)15-17-10-12(3)22-15/h9-10H,4-8H2,1-3H3,(H,16,18,19). The molecule has 0 aliphatic carbocycles. The highest BCUT2D eigenvalue weighted by atomic mass is 32.1. The van der Waals surface area contributed by atoms with Crippen molar-refractivity contribution in [3.63, 3.8) is 0 Å². The summed E-state index contributed by atoms with van der Waals surface area (Å²) in [5, 5.41) is 4.39. The Kier molecular flexibility index (Phi) is 4.42. The lowest BCUT2D eigenvalue weighted by Gasteiger charge is -2.34. The number of thiazole rings is 1. The van der Waals surface area contributed by atoms with Crippen LogP contribution in [0.3, 0.4) is 0 Å². The normalized spacial score (nSPS) is 15.2. The summed E-state index contributed by atoms with van der Waals surface area (Å²) < 4.78 is 0. The Hall–Kier alpha value is -1.89. The van der Waals surface area contributed by atoms with Gasteiger partial charge in [0.1, 0.15) is 5.82 Å². The van der Waals surface area contributed by atoms with Crippen LogP contribution in [0, 0.1) is 13.8 Å². The van der Waals surface area contributed by atoms with Crippen molar-refractivity contribution in [3.8, 4) is 0 Å². The molecular formula is C15H22N6S. The summed E-state index contributed by atoms with van der Waals surface area (Å²) in [7, 11) is 0. The van der Waals surface area contributed by atoms with E-state index < -0.39 is 0 Å². The van der Waals surface area contributed by atoms with E-state index in [-0.39, 0.29) is 0 Å². The Morgan fingerprint density at radius 3 is 2.50 bits per heavy atom. The van der Waals surface area contributed by atoms with Gasteiger partial charge in [0, 0.05) is 55.6 Å². The monoisotopic (exact) mass is 318 g/mol. The second-order valence-electron chi connectivity index (χ2n) is 5.45. The maximum absolute atomic E-state index is 4.62. The summed E-state index contributed by atoms with van der Waals surface area (Å²) in [6, 6.07) is 1.99. The van der Waals surface area contributed by atoms with Crippen molar-refractivity contribution >= 4 is 28.2 Å². The summed E-state index contributed by atoms with van der Waals surface area (Å²) in [5.41, 5.74) is 0.999. The molecule has 1 aliphatic rings. The van der Waals surface area contributed by atoms with Crippen LogP contribution in [-0.4, -0.2) is 47.7 Å². The van der Waals surface area contributed by atoms with Crippen LogP contribution in [0.25, 0.3) is 0 Å². The molecule has 118 valence electrons. The van der Waals surface area contributed by atoms with Gasteiger partial charge in [-0.05, 0) is 20.8 Å². The van der Waals surface area contributed by atoms with Gasteiger partial charge >= 0.3 is 0 Å². The topological polar surface area (TPSA) is 57.2 Å². The van der Waals surface area contributed by atoms with Gasteiger partial charge in [0.2, 0.25) is 5.95 Å². The number of hydrogen-bond acceptors (Lipinski definition) is 7. The summed E-state index contributed by atoms with van der Waals surface area (Å²) in [6.45, 7) is 10.8. The number of anilines is 3. The van der Waals surface area contributed by atoms with Gasteiger partial charge in [0.25, 0.3) is 0 Å². The zero-order chi connectivity index (χ0) is 15.5. The van der Waals surface area contributed by atoms with Crippen LogP contribution in [0.15, 0.2) is 12.3 Å². The molecule has 2 aromatic heterocycles. The van der Waals surface area contributed by atoms with Gasteiger partial charge < -0.3 is 15.1 Å². The molecule has 0 spiro atoms. The predicted molar refractivity (Wildman–Crippen MR) is 92.2 cm³/mol. The van der Waals surface area contributed by atoms with Gasteiger partial charge in [-0.3, -0.25) is 0 Å². The Morgan fingerprint density at radius 2 is 1.86 bits per heavy atom. The van der Waals surface area contributed by atoms with E-state index >= 15 is 0 Å². The lowest BCUT2D eigenvalue weighted by Crippen LogP contribution is -2.47. The first-order chi connectivity index (χ1) is 10.7. The van der Waals surface area contributed by atoms with Crippen molar-refractivity contribution in [2.75, 3.05) is 47.8 Å². The third-order valence-corrected chi connectivity index (χ3v) is 4.62. The van der Waals surface area contributed by atoms with Crippen LogP contribution in [0.4, 0.5) is 16.9 Å². The average molecular weight is 318 g/mol. The molecular weight excluding hydrogens is 296 g/mol. The highest BCUT2D eigenvalue weighted by Crippen LogP contribution is 2.24. The van der Waals surface area contributed by atoms with Crippen LogP contribution < -0.4 is 15.1 Å². The van der Waals surface area contributed by atoms with E-state index in [2.05, 4.69) is 43.9 Å². The maximum atomic E-state index is 4.62. The SMILES string of the molecule is CCNc1cc(C)nc(N2CCN(c3ncc(C)s3)CC2)n1. The Morgan fingerprint density at radius 1 is 1.14 bits per heavy atom. The summed E-state index contributed by atoms with van der Waals surface area (Å²) in [4.78, 5) is 19.5. The van der Waals surface area contributed by atoms with Crippen LogP contribution in [0.2, 0.25) is 0 Å². The smallest absolute Gasteiger partial charge is 0.227 e. The van der Waals surface area contributed by atoms with Crippen molar-refractivity contribution < 1.29 is 0 Å². The van der Waals surface area contributed by atoms with Gasteiger partial charge in [-0.1, -0.05) is 0 Å². The number of nitrogens with zero attached hydrogens (tertiary/aromatic N) is 5. The maximum Gasteiger partial charge on any atom is 0.227 e. The second-order valence-corrected chi connectivity index (χ2v) is 6.67. The van der Waals surface area contributed by atoms with E-state index in [0.717, 1.165) is 55.3 Å². The molecule has 1 aliphatic heterocycles. The van der Waals surface area contributed by atoms with E-state index in [9.17, 15) is 0 Å². The molecule has 0 unspecified atom stereocenters. The van der Waals surface area contributed by atoms with E-state index in [4.69, 9.17) is 0 Å². The van der Waals surface area contributed by atoms with Crippen LogP contribution in [0.5, 0.6) is 0 Å².